The fourth-order valence-electron chi connectivity index (χ4n) is 2.34. The van der Waals surface area contributed by atoms with E-state index in [1.807, 2.05) is 30.3 Å². The lowest BCUT2D eigenvalue weighted by atomic mass is 10.2. The molecule has 0 saturated heterocycles. The van der Waals surface area contributed by atoms with Gasteiger partial charge in [0.15, 0.2) is 5.69 Å². The lowest BCUT2D eigenvalue weighted by Crippen LogP contribution is -2.34. The van der Waals surface area contributed by atoms with Crippen LogP contribution in [0.3, 0.4) is 0 Å². The molecule has 6 heteroatoms. The molecular weight excluding hydrogens is 298 g/mol. The second-order valence-electron chi connectivity index (χ2n) is 4.96. The van der Waals surface area contributed by atoms with Crippen molar-refractivity contribution in [1.29, 1.82) is 0 Å². The maximum atomic E-state index is 12.6. The number of benzene rings is 1. The van der Waals surface area contributed by atoms with Crippen molar-refractivity contribution < 1.29 is 9.53 Å². The van der Waals surface area contributed by atoms with Crippen molar-refractivity contribution in [3.63, 3.8) is 0 Å². The van der Waals surface area contributed by atoms with E-state index < -0.39 is 0 Å². The number of hydrogen-bond acceptors (Lipinski definition) is 4. The monoisotopic (exact) mass is 313 g/mol. The lowest BCUT2D eigenvalue weighted by Gasteiger charge is -2.20. The van der Waals surface area contributed by atoms with Gasteiger partial charge in [-0.25, -0.2) is 4.98 Å². The number of carbonyl (C=O) groups excluding carboxylic acids is 1. The molecule has 1 aromatic carbocycles. The third-order valence-electron chi connectivity index (χ3n) is 3.44. The van der Waals surface area contributed by atoms with Crippen molar-refractivity contribution in [2.24, 2.45) is 0 Å². The van der Waals surface area contributed by atoms with Crippen LogP contribution in [0, 0.1) is 0 Å². The molecule has 0 unspecified atom stereocenters. The Bertz CT molecular complexity index is 716. The van der Waals surface area contributed by atoms with Gasteiger partial charge >= 0.3 is 0 Å². The quantitative estimate of drug-likeness (QED) is 0.882. The van der Waals surface area contributed by atoms with Crippen LogP contribution in [0.25, 0.3) is 0 Å². The number of nitrogens with one attached hydrogen (secondary N) is 1. The molecule has 2 aromatic rings. The van der Waals surface area contributed by atoms with Gasteiger partial charge in [0.25, 0.3) is 5.91 Å². The van der Waals surface area contributed by atoms with Crippen LogP contribution in [0.4, 0.5) is 5.69 Å². The van der Waals surface area contributed by atoms with E-state index >= 15 is 0 Å². The van der Waals surface area contributed by atoms with Crippen molar-refractivity contribution in [3.8, 4) is 5.75 Å². The SMILES string of the molecule is COc1ccc(CN2CC(=S)Nc3cccnc3C2=O)cc1. The standard InChI is InChI=1S/C16H15N3O2S/c1-21-12-6-4-11(5-7-12)9-19-10-14(22)18-13-3-2-8-17-15(13)16(19)20/h2-8H,9-10H2,1H3,(H,18,22). The number of nitrogens with zero attached hydrogens (tertiary/aromatic N) is 2. The Hall–Kier alpha value is -2.47. The number of aromatic nitrogens is 1. The lowest BCUT2D eigenvalue weighted by molar-refractivity contribution is 0.0767. The molecule has 5 nitrogen and oxygen atoms in total. The van der Waals surface area contributed by atoms with Gasteiger partial charge < -0.3 is 15.0 Å². The number of rotatable bonds is 3. The first-order valence-corrected chi connectivity index (χ1v) is 7.25. The Balaban J connectivity index is 1.86. The number of pyridine rings is 1. The van der Waals surface area contributed by atoms with Gasteiger partial charge in [-0.2, -0.15) is 0 Å². The molecule has 0 radical (unpaired) electrons. The van der Waals surface area contributed by atoms with Crippen LogP contribution in [0.2, 0.25) is 0 Å². The molecule has 0 fully saturated rings. The van der Waals surface area contributed by atoms with Crippen LogP contribution in [0.1, 0.15) is 16.1 Å². The molecule has 0 saturated carbocycles. The Morgan fingerprint density at radius 3 is 2.82 bits per heavy atom. The van der Waals surface area contributed by atoms with Crippen LogP contribution in [-0.4, -0.2) is 34.4 Å². The van der Waals surface area contributed by atoms with Crippen LogP contribution in [0.15, 0.2) is 42.6 Å². The van der Waals surface area contributed by atoms with Gasteiger partial charge in [-0.3, -0.25) is 4.79 Å². The normalized spacial score (nSPS) is 14.1. The topological polar surface area (TPSA) is 54.5 Å². The molecular formula is C16H15N3O2S. The summed E-state index contributed by atoms with van der Waals surface area (Å²) in [5.41, 5.74) is 2.07. The largest absolute Gasteiger partial charge is 0.497 e. The second-order valence-corrected chi connectivity index (χ2v) is 5.45. The molecule has 1 aliphatic rings. The molecule has 0 atom stereocenters. The van der Waals surface area contributed by atoms with Gasteiger partial charge in [0.05, 0.1) is 24.3 Å². The molecule has 1 N–H and O–H groups in total. The molecule has 22 heavy (non-hydrogen) atoms. The van der Waals surface area contributed by atoms with Crippen molar-refractivity contribution in [2.75, 3.05) is 19.0 Å². The van der Waals surface area contributed by atoms with Crippen molar-refractivity contribution in [2.45, 2.75) is 6.54 Å². The second kappa shape index (κ2) is 6.11. The average molecular weight is 313 g/mol. The minimum absolute atomic E-state index is 0.126. The number of thiocarbonyl (C=S) groups is 1. The maximum Gasteiger partial charge on any atom is 0.275 e. The summed E-state index contributed by atoms with van der Waals surface area (Å²) in [5.74, 6) is 0.661. The molecule has 2 heterocycles. The van der Waals surface area contributed by atoms with E-state index in [0.717, 1.165) is 11.3 Å². The maximum absolute atomic E-state index is 12.6. The van der Waals surface area contributed by atoms with E-state index in [1.54, 1.807) is 24.3 Å². The van der Waals surface area contributed by atoms with Crippen LogP contribution < -0.4 is 10.1 Å². The fraction of sp³-hybridized carbons (Fsp3) is 0.188. The molecule has 1 amide bonds. The van der Waals surface area contributed by atoms with E-state index in [0.29, 0.717) is 29.5 Å². The van der Waals surface area contributed by atoms with Gasteiger partial charge in [0.1, 0.15) is 5.75 Å². The number of fused-ring (bicyclic) bond motifs is 1. The van der Waals surface area contributed by atoms with E-state index in [9.17, 15) is 4.79 Å². The average Bonchev–Trinajstić information content (AvgIpc) is 2.65. The van der Waals surface area contributed by atoms with Gasteiger partial charge in [-0.1, -0.05) is 24.4 Å². The number of ether oxygens (including phenoxy) is 1. The zero-order valence-corrected chi connectivity index (χ0v) is 12.9. The summed E-state index contributed by atoms with van der Waals surface area (Å²) in [5, 5.41) is 3.07. The van der Waals surface area contributed by atoms with E-state index in [2.05, 4.69) is 10.3 Å². The predicted molar refractivity (Wildman–Crippen MR) is 88.2 cm³/mol. The fourth-order valence-corrected chi connectivity index (χ4v) is 2.61. The van der Waals surface area contributed by atoms with Gasteiger partial charge in [-0.15, -0.1) is 0 Å². The molecule has 3 rings (SSSR count). The summed E-state index contributed by atoms with van der Waals surface area (Å²) >= 11 is 5.30. The predicted octanol–water partition coefficient (Wildman–Crippen LogP) is 2.49. The summed E-state index contributed by atoms with van der Waals surface area (Å²) in [4.78, 5) is 19.1. The zero-order chi connectivity index (χ0) is 15.5. The number of methoxy groups -OCH3 is 1. The number of amides is 1. The van der Waals surface area contributed by atoms with Gasteiger partial charge in [0, 0.05) is 12.7 Å². The van der Waals surface area contributed by atoms with Crippen molar-refractivity contribution >= 4 is 28.8 Å². The molecule has 112 valence electrons. The third kappa shape index (κ3) is 2.92. The molecule has 0 bridgehead atoms. The highest BCUT2D eigenvalue weighted by Crippen LogP contribution is 2.20. The van der Waals surface area contributed by atoms with Crippen LogP contribution in [-0.2, 0) is 6.54 Å². The summed E-state index contributed by atoms with van der Waals surface area (Å²) in [6, 6.07) is 11.2. The number of carbonyl (C=O) groups is 1. The van der Waals surface area contributed by atoms with Crippen molar-refractivity contribution in [3.05, 3.63) is 53.9 Å². The smallest absolute Gasteiger partial charge is 0.275 e. The minimum Gasteiger partial charge on any atom is -0.497 e. The first-order chi connectivity index (χ1) is 10.7. The number of hydrogen-bond donors (Lipinski definition) is 1. The first kappa shape index (κ1) is 14.5. The van der Waals surface area contributed by atoms with E-state index in [4.69, 9.17) is 17.0 Å². The molecule has 1 aliphatic heterocycles. The Kier molecular flexibility index (Phi) is 4.02. The Morgan fingerprint density at radius 2 is 2.09 bits per heavy atom. The highest BCUT2D eigenvalue weighted by molar-refractivity contribution is 7.80. The first-order valence-electron chi connectivity index (χ1n) is 6.84. The van der Waals surface area contributed by atoms with Gasteiger partial charge in [-0.05, 0) is 29.8 Å². The zero-order valence-electron chi connectivity index (χ0n) is 12.1. The van der Waals surface area contributed by atoms with Crippen molar-refractivity contribution in [1.82, 2.24) is 9.88 Å². The minimum atomic E-state index is -0.126. The number of anilines is 1. The van der Waals surface area contributed by atoms with E-state index in [1.165, 1.54) is 0 Å². The Morgan fingerprint density at radius 1 is 1.32 bits per heavy atom. The summed E-state index contributed by atoms with van der Waals surface area (Å²) in [6.07, 6.45) is 1.61. The molecule has 0 spiro atoms. The van der Waals surface area contributed by atoms with Crippen LogP contribution >= 0.6 is 12.2 Å². The Labute approximate surface area is 133 Å². The molecule has 0 aliphatic carbocycles. The summed E-state index contributed by atoms with van der Waals surface area (Å²) in [6.45, 7) is 0.844. The third-order valence-corrected chi connectivity index (χ3v) is 3.67. The summed E-state index contributed by atoms with van der Waals surface area (Å²) < 4.78 is 5.14. The molecule has 1 aromatic heterocycles. The van der Waals surface area contributed by atoms with Gasteiger partial charge in [0.2, 0.25) is 0 Å². The summed E-state index contributed by atoms with van der Waals surface area (Å²) in [7, 11) is 1.63. The highest BCUT2D eigenvalue weighted by atomic mass is 32.1. The van der Waals surface area contributed by atoms with E-state index in [-0.39, 0.29) is 5.91 Å². The highest BCUT2D eigenvalue weighted by Gasteiger charge is 2.25. The van der Waals surface area contributed by atoms with Crippen LogP contribution in [0.5, 0.6) is 5.75 Å².